The van der Waals surface area contributed by atoms with Crippen molar-refractivity contribution in [1.29, 1.82) is 0 Å². The molecule has 3 rings (SSSR count). The van der Waals surface area contributed by atoms with Crippen LogP contribution in [0.2, 0.25) is 0 Å². The van der Waals surface area contributed by atoms with Gasteiger partial charge < -0.3 is 8.97 Å². The van der Waals surface area contributed by atoms with Crippen LogP contribution in [-0.2, 0) is 21.0 Å². The molecule has 1 fully saturated rings. The lowest BCUT2D eigenvalue weighted by Gasteiger charge is -2.57. The van der Waals surface area contributed by atoms with Gasteiger partial charge in [0.05, 0.1) is 18.6 Å². The third kappa shape index (κ3) is 5.82. The highest BCUT2D eigenvalue weighted by Gasteiger charge is 2.52. The van der Waals surface area contributed by atoms with Crippen molar-refractivity contribution in [3.05, 3.63) is 35.8 Å². The number of aryl methyl sites for hydroxylation is 1. The van der Waals surface area contributed by atoms with Crippen LogP contribution in [0, 0.1) is 28.6 Å². The van der Waals surface area contributed by atoms with Crippen LogP contribution in [0.25, 0.3) is 0 Å². The third-order valence-corrected chi connectivity index (χ3v) is 8.83. The van der Waals surface area contributed by atoms with Gasteiger partial charge in [0.15, 0.2) is 0 Å². The van der Waals surface area contributed by atoms with Crippen molar-refractivity contribution in [1.82, 2.24) is 0 Å². The van der Waals surface area contributed by atoms with E-state index in [9.17, 15) is 13.0 Å². The Morgan fingerprint density at radius 1 is 1.29 bits per heavy atom. The lowest BCUT2D eigenvalue weighted by atomic mass is 9.48. The molecule has 0 unspecified atom stereocenters. The minimum Gasteiger partial charge on any atom is -0.726 e. The molecule has 0 amide bonds. The van der Waals surface area contributed by atoms with Crippen LogP contribution < -0.4 is 0 Å². The molecule has 1 aromatic rings. The Balaban J connectivity index is 1.77. The molecule has 6 heteroatoms. The van der Waals surface area contributed by atoms with Gasteiger partial charge >= 0.3 is 0 Å². The van der Waals surface area contributed by atoms with Crippen molar-refractivity contribution in [2.45, 2.75) is 92.1 Å². The zero-order valence-electron chi connectivity index (χ0n) is 19.7. The van der Waals surface area contributed by atoms with E-state index in [-0.39, 0.29) is 22.7 Å². The summed E-state index contributed by atoms with van der Waals surface area (Å²) in [7, 11) is -4.76. The first-order chi connectivity index (χ1) is 14.4. The van der Waals surface area contributed by atoms with Gasteiger partial charge in [-0.25, -0.2) is 8.42 Å². The maximum Gasteiger partial charge on any atom is 0.217 e. The Bertz CT molecular complexity index is 854. The predicted octanol–water partition coefficient (Wildman–Crippen LogP) is 6.27. The fraction of sp³-hybridized carbons (Fsp3) is 0.760. The van der Waals surface area contributed by atoms with Crippen LogP contribution in [0.3, 0.4) is 0 Å². The zero-order chi connectivity index (χ0) is 22.9. The highest BCUT2D eigenvalue weighted by atomic mass is 32.3. The summed E-state index contributed by atoms with van der Waals surface area (Å²) in [6, 6.07) is 1.95. The van der Waals surface area contributed by atoms with Crippen molar-refractivity contribution in [3.8, 4) is 0 Å². The molecule has 5 nitrogen and oxygen atoms in total. The van der Waals surface area contributed by atoms with E-state index < -0.39 is 16.5 Å². The monoisotopic (exact) mass is 451 g/mol. The molecule has 176 valence electrons. The summed E-state index contributed by atoms with van der Waals surface area (Å²) in [5, 5.41) is 0. The van der Waals surface area contributed by atoms with E-state index in [1.807, 2.05) is 13.0 Å². The van der Waals surface area contributed by atoms with Crippen molar-refractivity contribution in [3.63, 3.8) is 0 Å². The van der Waals surface area contributed by atoms with Gasteiger partial charge in [-0.15, -0.1) is 0 Å². The SMILES string of the molecule is CC1=CC[C@H]2C(C)(C)CCC[C@]2(C)[C@H]1C[C@H](OS(=O)(=O)[O-])[C@H](C)CCCc1ccoc1. The number of allylic oxidation sites excluding steroid dienone is 2. The van der Waals surface area contributed by atoms with Gasteiger partial charge in [-0.3, -0.25) is 4.18 Å². The number of furan rings is 1. The van der Waals surface area contributed by atoms with E-state index in [1.54, 1.807) is 12.5 Å². The van der Waals surface area contributed by atoms with Crippen molar-refractivity contribution < 1.29 is 21.6 Å². The molecule has 1 saturated carbocycles. The average molecular weight is 452 g/mol. The smallest absolute Gasteiger partial charge is 0.217 e. The van der Waals surface area contributed by atoms with Crippen LogP contribution >= 0.6 is 0 Å². The summed E-state index contributed by atoms with van der Waals surface area (Å²) >= 11 is 0. The molecule has 2 aliphatic carbocycles. The molecule has 0 N–H and O–H groups in total. The molecule has 0 bridgehead atoms. The van der Waals surface area contributed by atoms with E-state index in [2.05, 4.69) is 33.8 Å². The minimum atomic E-state index is -4.76. The van der Waals surface area contributed by atoms with Gasteiger partial charge in [-0.05, 0) is 92.1 Å². The first kappa shape index (κ1) is 24.5. The number of rotatable bonds is 9. The molecule has 2 aliphatic rings. The summed E-state index contributed by atoms with van der Waals surface area (Å²) < 4.78 is 45.1. The maximum atomic E-state index is 11.6. The molecule has 5 atom stereocenters. The van der Waals surface area contributed by atoms with Crippen LogP contribution in [0.4, 0.5) is 0 Å². The molecule has 1 aromatic heterocycles. The molecule has 0 spiro atoms. The molecule has 0 radical (unpaired) electrons. The second-order valence-corrected chi connectivity index (χ2v) is 11.9. The Kier molecular flexibility index (Phi) is 7.44. The van der Waals surface area contributed by atoms with Gasteiger partial charge in [0, 0.05) is 0 Å². The van der Waals surface area contributed by atoms with Crippen molar-refractivity contribution >= 4 is 10.4 Å². The Labute approximate surface area is 188 Å². The number of fused-ring (bicyclic) bond motifs is 1. The quantitative estimate of drug-likeness (QED) is 0.251. The standard InChI is InChI=1S/C25H40O5S/c1-18-10-11-23-24(3,4)13-7-14-25(23,5)21(18)16-22(30-31(26,27)28)19(2)8-6-9-20-12-15-29-17-20/h10,12,15,17,19,21-23H,6-9,11,13-14,16H2,1-5H3,(H,26,27,28)/p-1/t19-,21+,22+,23+,25-/m1/s1. The van der Waals surface area contributed by atoms with Gasteiger partial charge in [0.1, 0.15) is 0 Å². The molecule has 0 aliphatic heterocycles. The fourth-order valence-corrected chi connectivity index (χ4v) is 7.16. The fourth-order valence-electron chi connectivity index (χ4n) is 6.59. The molecule has 31 heavy (non-hydrogen) atoms. The van der Waals surface area contributed by atoms with Gasteiger partial charge in [-0.1, -0.05) is 45.8 Å². The molecule has 1 heterocycles. The first-order valence-electron chi connectivity index (χ1n) is 11.7. The number of hydrogen-bond donors (Lipinski definition) is 0. The Hall–Kier alpha value is -1.11. The summed E-state index contributed by atoms with van der Waals surface area (Å²) in [5.41, 5.74) is 2.82. The van der Waals surface area contributed by atoms with Gasteiger partial charge in [0.25, 0.3) is 0 Å². The minimum absolute atomic E-state index is 0.0241. The molecule has 0 aromatic carbocycles. The first-order valence-corrected chi connectivity index (χ1v) is 13.1. The predicted molar refractivity (Wildman–Crippen MR) is 121 cm³/mol. The summed E-state index contributed by atoms with van der Waals surface area (Å²) in [6.45, 7) is 11.3. The lowest BCUT2D eigenvalue weighted by molar-refractivity contribution is -0.0517. The molecule has 0 saturated heterocycles. The highest BCUT2D eigenvalue weighted by Crippen LogP contribution is 2.60. The lowest BCUT2D eigenvalue weighted by Crippen LogP contribution is -2.49. The summed E-state index contributed by atoms with van der Waals surface area (Å²) in [6.07, 6.45) is 12.9. The van der Waals surface area contributed by atoms with Crippen LogP contribution in [0.15, 0.2) is 34.7 Å². The Morgan fingerprint density at radius 2 is 2.03 bits per heavy atom. The van der Waals surface area contributed by atoms with Crippen molar-refractivity contribution in [2.75, 3.05) is 0 Å². The second kappa shape index (κ2) is 9.40. The zero-order valence-corrected chi connectivity index (χ0v) is 20.5. The number of hydrogen-bond acceptors (Lipinski definition) is 5. The maximum absolute atomic E-state index is 11.6. The average Bonchev–Trinajstić information content (AvgIpc) is 3.15. The van der Waals surface area contributed by atoms with Gasteiger partial charge in [0.2, 0.25) is 10.4 Å². The summed E-state index contributed by atoms with van der Waals surface area (Å²) in [4.78, 5) is 0. The second-order valence-electron chi connectivity index (χ2n) is 10.9. The molecular weight excluding hydrogens is 412 g/mol. The largest absolute Gasteiger partial charge is 0.726 e. The third-order valence-electron chi connectivity index (χ3n) is 8.35. The Morgan fingerprint density at radius 3 is 2.68 bits per heavy atom. The van der Waals surface area contributed by atoms with Crippen molar-refractivity contribution in [2.24, 2.45) is 28.6 Å². The normalized spacial score (nSPS) is 30.3. The topological polar surface area (TPSA) is 79.6 Å². The van der Waals surface area contributed by atoms with Crippen LogP contribution in [-0.4, -0.2) is 19.1 Å². The van der Waals surface area contributed by atoms with E-state index in [0.717, 1.165) is 37.7 Å². The van der Waals surface area contributed by atoms with Crippen LogP contribution in [0.5, 0.6) is 0 Å². The highest BCUT2D eigenvalue weighted by molar-refractivity contribution is 7.80. The van der Waals surface area contributed by atoms with E-state index in [4.69, 9.17) is 8.60 Å². The van der Waals surface area contributed by atoms with E-state index >= 15 is 0 Å². The van der Waals surface area contributed by atoms with Crippen LogP contribution in [0.1, 0.15) is 85.1 Å². The summed E-state index contributed by atoms with van der Waals surface area (Å²) in [5.74, 6) is 0.765. The van der Waals surface area contributed by atoms with Gasteiger partial charge in [-0.2, -0.15) is 0 Å². The van der Waals surface area contributed by atoms with E-state index in [0.29, 0.717) is 12.3 Å². The van der Waals surface area contributed by atoms with E-state index in [1.165, 1.54) is 18.4 Å². The molecular formula is C25H39O5S-.